The van der Waals surface area contributed by atoms with Crippen LogP contribution < -0.4 is 4.74 Å². The molecule has 1 saturated heterocycles. The molecular weight excluding hydrogens is 352 g/mol. The third-order valence-electron chi connectivity index (χ3n) is 5.04. The number of hydrogen-bond acceptors (Lipinski definition) is 4. The summed E-state index contributed by atoms with van der Waals surface area (Å²) in [7, 11) is 0. The molecule has 2 aromatic carbocycles. The number of hydrogen-bond donors (Lipinski definition) is 0. The van der Waals surface area contributed by atoms with Crippen molar-refractivity contribution in [1.82, 2.24) is 4.90 Å². The predicted octanol–water partition coefficient (Wildman–Crippen LogP) is 4.19. The van der Waals surface area contributed by atoms with Gasteiger partial charge in [0.15, 0.2) is 6.61 Å². The SMILES string of the molecule is CC[C@@H](C)c1ccc(N=Cc2ccc(OCC(=O)N3CCOCC3)cc2)cc1. The molecule has 0 spiro atoms. The van der Waals surface area contributed by atoms with Gasteiger partial charge in [0.05, 0.1) is 18.9 Å². The molecule has 148 valence electrons. The Balaban J connectivity index is 1.51. The van der Waals surface area contributed by atoms with E-state index in [4.69, 9.17) is 9.47 Å². The van der Waals surface area contributed by atoms with E-state index in [0.29, 0.717) is 38.0 Å². The van der Waals surface area contributed by atoms with Crippen LogP contribution >= 0.6 is 0 Å². The fourth-order valence-electron chi connectivity index (χ4n) is 2.97. The minimum atomic E-state index is -0.00484. The number of aliphatic imine (C=N–C) groups is 1. The lowest BCUT2D eigenvalue weighted by Crippen LogP contribution is -2.42. The Morgan fingerprint density at radius 2 is 1.82 bits per heavy atom. The van der Waals surface area contributed by atoms with Crippen molar-refractivity contribution in [2.75, 3.05) is 32.9 Å². The van der Waals surface area contributed by atoms with Gasteiger partial charge < -0.3 is 14.4 Å². The molecule has 5 nitrogen and oxygen atoms in total. The molecule has 1 amide bonds. The van der Waals surface area contributed by atoms with Gasteiger partial charge in [-0.1, -0.05) is 26.0 Å². The molecule has 0 saturated carbocycles. The van der Waals surface area contributed by atoms with Crippen molar-refractivity contribution in [2.24, 2.45) is 4.99 Å². The van der Waals surface area contributed by atoms with E-state index in [1.54, 1.807) is 4.90 Å². The number of rotatable bonds is 7. The number of benzene rings is 2. The number of ether oxygens (including phenoxy) is 2. The standard InChI is InChI=1S/C23H28N2O3/c1-3-18(2)20-6-8-21(9-7-20)24-16-19-4-10-22(11-5-19)28-17-23(26)25-12-14-27-15-13-25/h4-11,16,18H,3,12-15,17H2,1-2H3/t18-/m1/s1. The van der Waals surface area contributed by atoms with Crippen LogP contribution in [0.25, 0.3) is 0 Å². The van der Waals surface area contributed by atoms with E-state index in [1.807, 2.05) is 42.6 Å². The Kier molecular flexibility index (Phi) is 7.20. The maximum atomic E-state index is 12.1. The molecule has 0 bridgehead atoms. The zero-order valence-electron chi connectivity index (χ0n) is 16.6. The molecule has 1 atom stereocenters. The van der Waals surface area contributed by atoms with Gasteiger partial charge in [0.25, 0.3) is 5.91 Å². The largest absolute Gasteiger partial charge is 0.484 e. The highest BCUT2D eigenvalue weighted by Crippen LogP contribution is 2.22. The summed E-state index contributed by atoms with van der Waals surface area (Å²) in [5.41, 5.74) is 3.26. The highest BCUT2D eigenvalue weighted by atomic mass is 16.5. The molecule has 2 aromatic rings. The number of carbonyl (C=O) groups excluding carboxylic acids is 1. The molecule has 5 heteroatoms. The number of nitrogens with zero attached hydrogens (tertiary/aromatic N) is 2. The van der Waals surface area contributed by atoms with Gasteiger partial charge in [-0.3, -0.25) is 9.79 Å². The van der Waals surface area contributed by atoms with Gasteiger partial charge in [-0.2, -0.15) is 0 Å². The molecular formula is C23H28N2O3. The fraction of sp³-hybridized carbons (Fsp3) is 0.391. The van der Waals surface area contributed by atoms with E-state index >= 15 is 0 Å². The first-order valence-electron chi connectivity index (χ1n) is 9.88. The van der Waals surface area contributed by atoms with Gasteiger partial charge in [0.1, 0.15) is 5.75 Å². The second-order valence-corrected chi connectivity index (χ2v) is 7.01. The zero-order chi connectivity index (χ0) is 19.8. The molecule has 1 aliphatic heterocycles. The van der Waals surface area contributed by atoms with Crippen molar-refractivity contribution in [1.29, 1.82) is 0 Å². The van der Waals surface area contributed by atoms with Crippen molar-refractivity contribution in [3.63, 3.8) is 0 Å². The van der Waals surface area contributed by atoms with Crippen LogP contribution in [-0.4, -0.2) is 49.9 Å². The highest BCUT2D eigenvalue weighted by Gasteiger charge is 2.16. The van der Waals surface area contributed by atoms with Crippen LogP contribution in [0.15, 0.2) is 53.5 Å². The van der Waals surface area contributed by atoms with E-state index in [0.717, 1.165) is 17.7 Å². The van der Waals surface area contributed by atoms with Crippen LogP contribution in [0.5, 0.6) is 5.75 Å². The topological polar surface area (TPSA) is 51.1 Å². The van der Waals surface area contributed by atoms with Crippen LogP contribution in [0.2, 0.25) is 0 Å². The molecule has 0 aromatic heterocycles. The maximum absolute atomic E-state index is 12.1. The van der Waals surface area contributed by atoms with Crippen LogP contribution in [0, 0.1) is 0 Å². The van der Waals surface area contributed by atoms with Crippen molar-refractivity contribution >= 4 is 17.8 Å². The number of carbonyl (C=O) groups is 1. The highest BCUT2D eigenvalue weighted by molar-refractivity contribution is 5.82. The van der Waals surface area contributed by atoms with E-state index in [1.165, 1.54) is 5.56 Å². The Morgan fingerprint density at radius 3 is 2.46 bits per heavy atom. The summed E-state index contributed by atoms with van der Waals surface area (Å²) in [6.07, 6.45) is 2.97. The molecule has 3 rings (SSSR count). The van der Waals surface area contributed by atoms with Crippen LogP contribution in [0.1, 0.15) is 37.3 Å². The lowest BCUT2D eigenvalue weighted by molar-refractivity contribution is -0.137. The van der Waals surface area contributed by atoms with E-state index in [9.17, 15) is 4.79 Å². The first-order valence-corrected chi connectivity index (χ1v) is 9.88. The summed E-state index contributed by atoms with van der Waals surface area (Å²) in [5.74, 6) is 1.24. The molecule has 1 fully saturated rings. The average molecular weight is 380 g/mol. The molecule has 0 aliphatic carbocycles. The minimum absolute atomic E-state index is 0.00484. The minimum Gasteiger partial charge on any atom is -0.484 e. The number of amides is 1. The van der Waals surface area contributed by atoms with E-state index < -0.39 is 0 Å². The molecule has 0 unspecified atom stereocenters. The van der Waals surface area contributed by atoms with Gasteiger partial charge in [0.2, 0.25) is 0 Å². The zero-order valence-corrected chi connectivity index (χ0v) is 16.6. The molecule has 1 aliphatic rings. The first kappa shape index (κ1) is 20.1. The van der Waals surface area contributed by atoms with Gasteiger partial charge >= 0.3 is 0 Å². The maximum Gasteiger partial charge on any atom is 0.260 e. The Bertz CT molecular complexity index is 778. The van der Waals surface area contributed by atoms with Crippen LogP contribution in [0.4, 0.5) is 5.69 Å². The lowest BCUT2D eigenvalue weighted by atomic mass is 9.99. The smallest absolute Gasteiger partial charge is 0.260 e. The van der Waals surface area contributed by atoms with E-state index in [2.05, 4.69) is 31.0 Å². The summed E-state index contributed by atoms with van der Waals surface area (Å²) < 4.78 is 10.9. The third kappa shape index (κ3) is 5.67. The monoisotopic (exact) mass is 380 g/mol. The predicted molar refractivity (Wildman–Crippen MR) is 112 cm³/mol. The molecule has 1 heterocycles. The quantitative estimate of drug-likeness (QED) is 0.677. The summed E-state index contributed by atoms with van der Waals surface area (Å²) in [5, 5.41) is 0. The average Bonchev–Trinajstić information content (AvgIpc) is 2.77. The first-order chi connectivity index (χ1) is 13.7. The molecule has 28 heavy (non-hydrogen) atoms. The normalized spacial score (nSPS) is 15.6. The summed E-state index contributed by atoms with van der Waals surface area (Å²) in [6.45, 7) is 6.95. The fourth-order valence-corrected chi connectivity index (χ4v) is 2.97. The Labute approximate surface area is 167 Å². The van der Waals surface area contributed by atoms with Gasteiger partial charge in [-0.05, 0) is 59.9 Å². The third-order valence-corrected chi connectivity index (χ3v) is 5.04. The Morgan fingerprint density at radius 1 is 1.14 bits per heavy atom. The van der Waals surface area contributed by atoms with Gasteiger partial charge in [-0.25, -0.2) is 0 Å². The summed E-state index contributed by atoms with van der Waals surface area (Å²) in [6, 6.07) is 16.0. The van der Waals surface area contributed by atoms with Crippen LogP contribution in [-0.2, 0) is 9.53 Å². The lowest BCUT2D eigenvalue weighted by Gasteiger charge is -2.26. The Hall–Kier alpha value is -2.66. The molecule has 0 radical (unpaired) electrons. The summed E-state index contributed by atoms with van der Waals surface area (Å²) >= 11 is 0. The second-order valence-electron chi connectivity index (χ2n) is 7.01. The van der Waals surface area contributed by atoms with Crippen molar-refractivity contribution in [3.8, 4) is 5.75 Å². The second kappa shape index (κ2) is 10.0. The van der Waals surface area contributed by atoms with Crippen molar-refractivity contribution in [3.05, 3.63) is 59.7 Å². The van der Waals surface area contributed by atoms with E-state index in [-0.39, 0.29) is 12.5 Å². The van der Waals surface area contributed by atoms with Gasteiger partial charge in [0, 0.05) is 19.3 Å². The van der Waals surface area contributed by atoms with Gasteiger partial charge in [-0.15, -0.1) is 0 Å². The van der Waals surface area contributed by atoms with Crippen molar-refractivity contribution < 1.29 is 14.3 Å². The molecule has 0 N–H and O–H groups in total. The van der Waals surface area contributed by atoms with Crippen LogP contribution in [0.3, 0.4) is 0 Å². The number of morpholine rings is 1. The summed E-state index contributed by atoms with van der Waals surface area (Å²) in [4.78, 5) is 18.4. The van der Waals surface area contributed by atoms with Crippen molar-refractivity contribution in [2.45, 2.75) is 26.2 Å².